The minimum Gasteiger partial charge on any atom is -0.497 e. The van der Waals surface area contributed by atoms with E-state index in [9.17, 15) is 9.59 Å². The molecule has 1 saturated heterocycles. The van der Waals surface area contributed by atoms with Crippen molar-refractivity contribution in [3.05, 3.63) is 70.6 Å². The largest absolute Gasteiger partial charge is 0.497 e. The van der Waals surface area contributed by atoms with E-state index in [0.29, 0.717) is 40.7 Å². The van der Waals surface area contributed by atoms with Crippen LogP contribution in [0.4, 0.5) is 0 Å². The van der Waals surface area contributed by atoms with Crippen LogP contribution in [0.1, 0.15) is 28.4 Å². The maximum absolute atomic E-state index is 13.0. The molecule has 2 amide bonds. The number of hydrogen-bond donors (Lipinski definition) is 1. The summed E-state index contributed by atoms with van der Waals surface area (Å²) in [4.78, 5) is 25.9. The summed E-state index contributed by atoms with van der Waals surface area (Å²) in [6.07, 6.45) is 4.06. The molecule has 0 unspecified atom stereocenters. The minimum absolute atomic E-state index is 0.234. The zero-order chi connectivity index (χ0) is 24.0. The Hall–Kier alpha value is -3.30. The third kappa shape index (κ3) is 5.55. The molecule has 0 bridgehead atoms. The molecule has 1 fully saturated rings. The fraction of sp³-hybridized carbons (Fsp3) is 0.208. The normalized spacial score (nSPS) is 14.4. The zero-order valence-electron chi connectivity index (χ0n) is 18.5. The molecule has 2 aromatic carbocycles. The van der Waals surface area contributed by atoms with E-state index in [1.54, 1.807) is 56.7 Å². The Kier molecular flexibility index (Phi) is 8.13. The van der Waals surface area contributed by atoms with Crippen molar-refractivity contribution in [2.75, 3.05) is 20.8 Å². The van der Waals surface area contributed by atoms with Crippen molar-refractivity contribution in [2.45, 2.75) is 13.3 Å². The molecule has 1 aliphatic heterocycles. The van der Waals surface area contributed by atoms with Crippen LogP contribution in [0.2, 0.25) is 0 Å². The first kappa shape index (κ1) is 24.3. The number of rotatable bonds is 9. The first-order valence-corrected chi connectivity index (χ1v) is 11.3. The number of nitrogens with one attached hydrogen (secondary N) is 1. The van der Waals surface area contributed by atoms with Gasteiger partial charge in [0.1, 0.15) is 5.75 Å². The Balaban J connectivity index is 1.85. The van der Waals surface area contributed by atoms with Crippen molar-refractivity contribution in [1.29, 1.82) is 0 Å². The van der Waals surface area contributed by atoms with Gasteiger partial charge in [0.05, 0.1) is 25.7 Å². The standard InChI is InChI=1S/C24H24N2O5S2/c1-5-7-17-12-15(13-19(31-6-2)21(17)30-4)14-20-23(28)26(24(32)33-20)25-22(27)16-8-10-18(29-3)11-9-16/h5,8-14H,1,6-7H2,2-4H3,(H,25,27)/b20-14+. The topological polar surface area (TPSA) is 77.1 Å². The summed E-state index contributed by atoms with van der Waals surface area (Å²) in [5.41, 5.74) is 4.58. The van der Waals surface area contributed by atoms with Crippen LogP contribution in [-0.2, 0) is 11.2 Å². The van der Waals surface area contributed by atoms with Crippen LogP contribution in [0, 0.1) is 0 Å². The van der Waals surface area contributed by atoms with Crippen LogP contribution in [-0.4, -0.2) is 42.0 Å². The van der Waals surface area contributed by atoms with Crippen LogP contribution >= 0.6 is 24.0 Å². The van der Waals surface area contributed by atoms with Crippen LogP contribution in [0.5, 0.6) is 17.2 Å². The number of ether oxygens (including phenoxy) is 3. The highest BCUT2D eigenvalue weighted by Gasteiger charge is 2.34. The first-order valence-electron chi connectivity index (χ1n) is 10.1. The Morgan fingerprint density at radius 2 is 1.94 bits per heavy atom. The average Bonchev–Trinajstić information content (AvgIpc) is 3.06. The number of methoxy groups -OCH3 is 2. The molecule has 0 spiro atoms. The maximum Gasteiger partial charge on any atom is 0.285 e. The van der Waals surface area contributed by atoms with E-state index in [-0.39, 0.29) is 4.32 Å². The molecule has 9 heteroatoms. The van der Waals surface area contributed by atoms with Crippen molar-refractivity contribution in [1.82, 2.24) is 10.4 Å². The molecular formula is C24H24N2O5S2. The number of thiocarbonyl (C=S) groups is 1. The summed E-state index contributed by atoms with van der Waals surface area (Å²) < 4.78 is 16.6. The quantitative estimate of drug-likeness (QED) is 0.322. The summed E-state index contributed by atoms with van der Waals surface area (Å²) in [6, 6.07) is 10.3. The monoisotopic (exact) mass is 484 g/mol. The lowest BCUT2D eigenvalue weighted by atomic mass is 10.0. The number of hydrazine groups is 1. The zero-order valence-corrected chi connectivity index (χ0v) is 20.2. The predicted molar refractivity (Wildman–Crippen MR) is 134 cm³/mol. The number of carbonyl (C=O) groups excluding carboxylic acids is 2. The van der Waals surface area contributed by atoms with Gasteiger partial charge < -0.3 is 14.2 Å². The molecule has 3 rings (SSSR count). The number of benzene rings is 2. The van der Waals surface area contributed by atoms with Gasteiger partial charge in [0.15, 0.2) is 15.8 Å². The lowest BCUT2D eigenvalue weighted by molar-refractivity contribution is -0.123. The van der Waals surface area contributed by atoms with Gasteiger partial charge in [-0.1, -0.05) is 17.8 Å². The van der Waals surface area contributed by atoms with Crippen molar-refractivity contribution in [3.8, 4) is 17.2 Å². The minimum atomic E-state index is -0.452. The van der Waals surface area contributed by atoms with E-state index < -0.39 is 11.8 Å². The van der Waals surface area contributed by atoms with Crippen LogP contribution in [0.15, 0.2) is 54.0 Å². The van der Waals surface area contributed by atoms with Gasteiger partial charge in [0, 0.05) is 11.1 Å². The molecule has 0 aromatic heterocycles. The Morgan fingerprint density at radius 1 is 1.21 bits per heavy atom. The van der Waals surface area contributed by atoms with Gasteiger partial charge in [-0.3, -0.25) is 15.0 Å². The van der Waals surface area contributed by atoms with E-state index in [4.69, 9.17) is 26.4 Å². The summed E-state index contributed by atoms with van der Waals surface area (Å²) in [6.45, 7) is 6.14. The van der Waals surface area contributed by atoms with Crippen LogP contribution < -0.4 is 19.6 Å². The number of nitrogens with zero attached hydrogens (tertiary/aromatic N) is 1. The summed E-state index contributed by atoms with van der Waals surface area (Å²) >= 11 is 6.44. The predicted octanol–water partition coefficient (Wildman–Crippen LogP) is 4.38. The molecule has 0 saturated carbocycles. The van der Waals surface area contributed by atoms with Crippen molar-refractivity contribution in [3.63, 3.8) is 0 Å². The summed E-state index contributed by atoms with van der Waals surface area (Å²) in [7, 11) is 3.13. The fourth-order valence-corrected chi connectivity index (χ4v) is 4.37. The molecule has 7 nitrogen and oxygen atoms in total. The second-order valence-electron chi connectivity index (χ2n) is 6.82. The molecule has 0 atom stereocenters. The maximum atomic E-state index is 13.0. The highest BCUT2D eigenvalue weighted by atomic mass is 32.2. The number of thioether (sulfide) groups is 1. The van der Waals surface area contributed by atoms with Gasteiger partial charge >= 0.3 is 0 Å². The molecule has 172 valence electrons. The molecule has 0 aliphatic carbocycles. The third-order valence-electron chi connectivity index (χ3n) is 4.68. The van der Waals surface area contributed by atoms with Crippen LogP contribution in [0.25, 0.3) is 6.08 Å². The van der Waals surface area contributed by atoms with Crippen LogP contribution in [0.3, 0.4) is 0 Å². The molecule has 1 heterocycles. The van der Waals surface area contributed by atoms with Gasteiger partial charge in [-0.2, -0.15) is 5.01 Å². The van der Waals surface area contributed by atoms with E-state index in [1.807, 2.05) is 13.0 Å². The molecule has 1 aliphatic rings. The highest BCUT2D eigenvalue weighted by molar-refractivity contribution is 8.26. The third-order valence-corrected chi connectivity index (χ3v) is 5.98. The van der Waals surface area contributed by atoms with Crippen molar-refractivity contribution < 1.29 is 23.8 Å². The van der Waals surface area contributed by atoms with Gasteiger partial charge in [-0.25, -0.2) is 0 Å². The van der Waals surface area contributed by atoms with E-state index >= 15 is 0 Å². The number of amides is 2. The van der Waals surface area contributed by atoms with E-state index in [0.717, 1.165) is 27.9 Å². The van der Waals surface area contributed by atoms with Gasteiger partial charge in [-0.05, 0) is 73.6 Å². The van der Waals surface area contributed by atoms with E-state index in [2.05, 4.69) is 12.0 Å². The molecular weight excluding hydrogens is 460 g/mol. The highest BCUT2D eigenvalue weighted by Crippen LogP contribution is 2.37. The first-order chi connectivity index (χ1) is 15.9. The van der Waals surface area contributed by atoms with Gasteiger partial charge in [-0.15, -0.1) is 6.58 Å². The fourth-order valence-electron chi connectivity index (χ4n) is 3.19. The van der Waals surface area contributed by atoms with Gasteiger partial charge in [0.25, 0.3) is 11.8 Å². The SMILES string of the molecule is C=CCc1cc(/C=C2/SC(=S)N(NC(=O)c3ccc(OC)cc3)C2=O)cc(OCC)c1OC. The van der Waals surface area contributed by atoms with Crippen molar-refractivity contribution >= 4 is 46.2 Å². The van der Waals surface area contributed by atoms with E-state index in [1.165, 1.54) is 0 Å². The summed E-state index contributed by atoms with van der Waals surface area (Å²) in [5.74, 6) is 0.974. The molecule has 0 radical (unpaired) electrons. The average molecular weight is 485 g/mol. The molecule has 33 heavy (non-hydrogen) atoms. The number of allylic oxidation sites excluding steroid dienone is 1. The van der Waals surface area contributed by atoms with Gasteiger partial charge in [0.2, 0.25) is 0 Å². The lowest BCUT2D eigenvalue weighted by Crippen LogP contribution is -2.44. The Labute approximate surface area is 202 Å². The molecule has 2 aromatic rings. The Morgan fingerprint density at radius 3 is 2.55 bits per heavy atom. The lowest BCUT2D eigenvalue weighted by Gasteiger charge is -2.16. The summed E-state index contributed by atoms with van der Waals surface area (Å²) in [5, 5.41) is 1.08. The smallest absolute Gasteiger partial charge is 0.285 e. The Bertz CT molecular complexity index is 1110. The second kappa shape index (κ2) is 11.0. The number of hydrogen-bond acceptors (Lipinski definition) is 7. The molecule has 1 N–H and O–H groups in total. The van der Waals surface area contributed by atoms with Crippen molar-refractivity contribution in [2.24, 2.45) is 0 Å². The number of carbonyl (C=O) groups is 2. The second-order valence-corrected chi connectivity index (χ2v) is 8.50.